The number of nitrogens with one attached hydrogen (secondary N) is 2. The first-order valence-electron chi connectivity index (χ1n) is 13.2. The highest BCUT2D eigenvalue weighted by Gasteiger charge is 2.38. The SMILES string of the molecule is COC(=O)[C@H](CO[Si](C)(C)C(C)(C)C)NC(=O)c1csc(-c2ccc(CNC(=O)CCCCCN=[N+]=[N-])cc2)n1. The largest absolute Gasteiger partial charge is 0.467 e. The minimum atomic E-state index is -2.13. The highest BCUT2D eigenvalue weighted by atomic mass is 32.1. The zero-order valence-electron chi connectivity index (χ0n) is 24.2. The third kappa shape index (κ3) is 10.4. The fraction of sp³-hybridized carbons (Fsp3) is 0.556. The van der Waals surface area contributed by atoms with Crippen LogP contribution in [0.15, 0.2) is 34.8 Å². The third-order valence-electron chi connectivity index (χ3n) is 6.86. The molecule has 13 heteroatoms. The molecule has 0 bridgehead atoms. The minimum Gasteiger partial charge on any atom is -0.467 e. The molecular formula is C27H40N6O5SSi. The van der Waals surface area contributed by atoms with Crippen molar-refractivity contribution < 1.29 is 23.5 Å². The Morgan fingerprint density at radius 3 is 2.48 bits per heavy atom. The lowest BCUT2D eigenvalue weighted by Gasteiger charge is -2.37. The van der Waals surface area contributed by atoms with Crippen molar-refractivity contribution in [2.24, 2.45) is 5.11 Å². The number of aromatic nitrogens is 1. The molecule has 0 aliphatic carbocycles. The zero-order valence-corrected chi connectivity index (χ0v) is 26.0. The van der Waals surface area contributed by atoms with Gasteiger partial charge in [0.1, 0.15) is 16.7 Å². The fourth-order valence-corrected chi connectivity index (χ4v) is 5.13. The molecule has 11 nitrogen and oxygen atoms in total. The second kappa shape index (κ2) is 15.5. The predicted octanol–water partition coefficient (Wildman–Crippen LogP) is 5.59. The van der Waals surface area contributed by atoms with Gasteiger partial charge in [-0.2, -0.15) is 0 Å². The van der Waals surface area contributed by atoms with E-state index in [-0.39, 0.29) is 23.2 Å². The number of azide groups is 1. The monoisotopic (exact) mass is 588 g/mol. The summed E-state index contributed by atoms with van der Waals surface area (Å²) >= 11 is 1.32. The average Bonchev–Trinajstić information content (AvgIpc) is 3.41. The van der Waals surface area contributed by atoms with E-state index in [1.165, 1.54) is 18.4 Å². The van der Waals surface area contributed by atoms with Gasteiger partial charge in [0.05, 0.1) is 13.7 Å². The Morgan fingerprint density at radius 2 is 1.85 bits per heavy atom. The molecule has 0 unspecified atom stereocenters. The van der Waals surface area contributed by atoms with Crippen LogP contribution in [0.4, 0.5) is 0 Å². The number of methoxy groups -OCH3 is 1. The summed E-state index contributed by atoms with van der Waals surface area (Å²) in [7, 11) is -0.856. The summed E-state index contributed by atoms with van der Waals surface area (Å²) in [5.41, 5.74) is 10.2. The second-order valence-corrected chi connectivity index (χ2v) is 16.6. The Kier molecular flexibility index (Phi) is 12.8. The Hall–Kier alpha value is -3.25. The Labute approximate surface area is 240 Å². The molecule has 1 atom stereocenters. The van der Waals surface area contributed by atoms with Gasteiger partial charge in [0, 0.05) is 35.4 Å². The molecule has 1 aromatic heterocycles. The average molecular weight is 589 g/mol. The fourth-order valence-electron chi connectivity index (χ4n) is 3.31. The number of carbonyl (C=O) groups excluding carboxylic acids is 3. The van der Waals surface area contributed by atoms with Crippen molar-refractivity contribution in [3.63, 3.8) is 0 Å². The smallest absolute Gasteiger partial charge is 0.330 e. The Morgan fingerprint density at radius 1 is 1.15 bits per heavy atom. The van der Waals surface area contributed by atoms with Gasteiger partial charge in [0.2, 0.25) is 5.91 Å². The van der Waals surface area contributed by atoms with Crippen molar-refractivity contribution in [3.05, 3.63) is 51.3 Å². The van der Waals surface area contributed by atoms with Crippen molar-refractivity contribution in [1.82, 2.24) is 15.6 Å². The molecule has 218 valence electrons. The molecule has 0 saturated heterocycles. The lowest BCUT2D eigenvalue weighted by Crippen LogP contribution is -2.49. The summed E-state index contributed by atoms with van der Waals surface area (Å²) in [6, 6.07) is 6.65. The van der Waals surface area contributed by atoms with E-state index in [0.717, 1.165) is 30.4 Å². The maximum atomic E-state index is 12.9. The van der Waals surface area contributed by atoms with Crippen molar-refractivity contribution in [2.45, 2.75) is 77.2 Å². The lowest BCUT2D eigenvalue weighted by molar-refractivity contribution is -0.143. The Balaban J connectivity index is 1.92. The van der Waals surface area contributed by atoms with Crippen molar-refractivity contribution in [3.8, 4) is 10.6 Å². The van der Waals surface area contributed by atoms with Crippen LogP contribution < -0.4 is 10.6 Å². The molecular weight excluding hydrogens is 548 g/mol. The van der Waals surface area contributed by atoms with Crippen LogP contribution in [0, 0.1) is 0 Å². The van der Waals surface area contributed by atoms with Gasteiger partial charge in [0.15, 0.2) is 8.32 Å². The van der Waals surface area contributed by atoms with E-state index in [1.807, 2.05) is 24.3 Å². The molecule has 0 aliphatic heterocycles. The Bertz CT molecular complexity index is 1190. The van der Waals surface area contributed by atoms with E-state index in [0.29, 0.717) is 24.5 Å². The molecule has 2 rings (SSSR count). The van der Waals surface area contributed by atoms with Gasteiger partial charge in [-0.1, -0.05) is 56.6 Å². The van der Waals surface area contributed by atoms with Gasteiger partial charge in [0.25, 0.3) is 5.91 Å². The van der Waals surface area contributed by atoms with Gasteiger partial charge >= 0.3 is 5.97 Å². The van der Waals surface area contributed by atoms with E-state index < -0.39 is 26.2 Å². The maximum Gasteiger partial charge on any atom is 0.330 e. The van der Waals surface area contributed by atoms with Crippen molar-refractivity contribution >= 4 is 37.4 Å². The highest BCUT2D eigenvalue weighted by Crippen LogP contribution is 2.36. The summed E-state index contributed by atoms with van der Waals surface area (Å²) < 4.78 is 11.0. The van der Waals surface area contributed by atoms with Gasteiger partial charge in [-0.3, -0.25) is 9.59 Å². The topological polar surface area (TPSA) is 155 Å². The number of thiazole rings is 1. The number of unbranched alkanes of at least 4 members (excludes halogenated alkanes) is 2. The number of esters is 1. The van der Waals surface area contributed by atoms with E-state index >= 15 is 0 Å². The summed E-state index contributed by atoms with van der Waals surface area (Å²) in [4.78, 5) is 44.5. The number of hydrogen-bond acceptors (Lipinski definition) is 8. The van der Waals surface area contributed by atoms with Crippen LogP contribution in [-0.4, -0.2) is 57.4 Å². The first kappa shape index (κ1) is 33.0. The summed E-state index contributed by atoms with van der Waals surface area (Å²) in [5, 5.41) is 11.4. The van der Waals surface area contributed by atoms with Crippen molar-refractivity contribution in [2.75, 3.05) is 20.3 Å². The minimum absolute atomic E-state index is 0.0246. The van der Waals surface area contributed by atoms with Crippen LogP contribution in [0.1, 0.15) is 62.5 Å². The third-order valence-corrected chi connectivity index (χ3v) is 12.3. The maximum absolute atomic E-state index is 12.9. The first-order valence-corrected chi connectivity index (χ1v) is 17.0. The molecule has 2 N–H and O–H groups in total. The summed E-state index contributed by atoms with van der Waals surface area (Å²) in [6.07, 6.45) is 2.78. The van der Waals surface area contributed by atoms with E-state index in [9.17, 15) is 14.4 Å². The standard InChI is InChI=1S/C27H40N6O5SSi/c1-27(2,3)40(5,6)38-17-21(26(36)37-4)31-24(35)22-18-39-25(32-22)20-13-11-19(12-14-20)16-29-23(34)10-8-7-9-15-30-33-28/h11-14,18,21H,7-10,15-17H2,1-6H3,(H,29,34)(H,31,35)/t21-/m0/s1. The normalized spacial score (nSPS) is 12.2. The second-order valence-electron chi connectivity index (χ2n) is 10.9. The molecule has 1 heterocycles. The van der Waals surface area contributed by atoms with Crippen LogP contribution in [0.25, 0.3) is 21.0 Å². The van der Waals surface area contributed by atoms with E-state index in [1.54, 1.807) is 5.38 Å². The van der Waals surface area contributed by atoms with Gasteiger partial charge < -0.3 is 19.8 Å². The molecule has 0 fully saturated rings. The lowest BCUT2D eigenvalue weighted by atomic mass is 10.1. The van der Waals surface area contributed by atoms with Crippen LogP contribution in [0.5, 0.6) is 0 Å². The molecule has 40 heavy (non-hydrogen) atoms. The number of benzene rings is 1. The predicted molar refractivity (Wildman–Crippen MR) is 158 cm³/mol. The number of nitrogens with zero attached hydrogens (tertiary/aromatic N) is 4. The van der Waals surface area contributed by atoms with Gasteiger partial charge in [-0.15, -0.1) is 11.3 Å². The van der Waals surface area contributed by atoms with Crippen LogP contribution in [0.3, 0.4) is 0 Å². The number of ether oxygens (including phenoxy) is 1. The van der Waals surface area contributed by atoms with Crippen LogP contribution in [0.2, 0.25) is 18.1 Å². The number of hydrogen-bond donors (Lipinski definition) is 2. The van der Waals surface area contributed by atoms with E-state index in [2.05, 4.69) is 59.5 Å². The molecule has 0 aliphatic rings. The zero-order chi connectivity index (χ0) is 29.8. The molecule has 2 aromatic rings. The number of rotatable bonds is 15. The molecule has 1 aromatic carbocycles. The van der Waals surface area contributed by atoms with Gasteiger partial charge in [-0.25, -0.2) is 9.78 Å². The summed E-state index contributed by atoms with van der Waals surface area (Å²) in [6.45, 7) is 11.4. The van der Waals surface area contributed by atoms with Crippen LogP contribution in [-0.2, 0) is 25.3 Å². The van der Waals surface area contributed by atoms with Gasteiger partial charge in [-0.05, 0) is 42.1 Å². The van der Waals surface area contributed by atoms with Crippen LogP contribution >= 0.6 is 11.3 Å². The summed E-state index contributed by atoms with van der Waals surface area (Å²) in [5.74, 6) is -1.08. The van der Waals surface area contributed by atoms with E-state index in [4.69, 9.17) is 14.7 Å². The molecule has 0 saturated carbocycles. The first-order chi connectivity index (χ1) is 18.9. The van der Waals surface area contributed by atoms with Crippen molar-refractivity contribution in [1.29, 1.82) is 0 Å². The molecule has 0 spiro atoms. The highest BCUT2D eigenvalue weighted by molar-refractivity contribution is 7.13. The quantitative estimate of drug-likeness (QED) is 0.0690. The number of carbonyl (C=O) groups is 3. The molecule has 0 radical (unpaired) electrons. The number of amides is 2. The molecule has 2 amide bonds.